The molecule has 0 saturated carbocycles. The first-order valence-electron chi connectivity index (χ1n) is 5.41. The average Bonchev–Trinajstić information content (AvgIpc) is 2.18. The van der Waals surface area contributed by atoms with Gasteiger partial charge in [0.15, 0.2) is 0 Å². The number of nitrogens with zero attached hydrogens (tertiary/aromatic N) is 1. The molecular formula is C10H21N3O2. The highest BCUT2D eigenvalue weighted by molar-refractivity contribution is 5.79. The Balaban J connectivity index is 2.46. The first kappa shape index (κ1) is 12.4. The van der Waals surface area contributed by atoms with Gasteiger partial charge in [0.2, 0.25) is 0 Å². The predicted octanol–water partition coefficient (Wildman–Crippen LogP) is -0.656. The van der Waals surface area contributed by atoms with E-state index in [2.05, 4.69) is 10.6 Å². The lowest BCUT2D eigenvalue weighted by molar-refractivity contribution is -0.146. The minimum atomic E-state index is -0.720. The van der Waals surface area contributed by atoms with Crippen LogP contribution in [0.2, 0.25) is 0 Å². The second kappa shape index (κ2) is 5.44. The molecule has 88 valence electrons. The van der Waals surface area contributed by atoms with Crippen LogP contribution in [0.15, 0.2) is 0 Å². The number of hydrogen-bond donors (Lipinski definition) is 3. The van der Waals surface area contributed by atoms with E-state index in [0.717, 1.165) is 26.2 Å². The fraction of sp³-hybridized carbons (Fsp3) is 0.900. The Hall–Kier alpha value is -0.650. The van der Waals surface area contributed by atoms with Crippen molar-refractivity contribution >= 4 is 5.97 Å². The van der Waals surface area contributed by atoms with Crippen LogP contribution < -0.4 is 10.6 Å². The van der Waals surface area contributed by atoms with Crippen LogP contribution in [0.3, 0.4) is 0 Å². The van der Waals surface area contributed by atoms with Crippen molar-refractivity contribution in [3.8, 4) is 0 Å². The zero-order valence-electron chi connectivity index (χ0n) is 9.55. The number of piperidine rings is 1. The van der Waals surface area contributed by atoms with Gasteiger partial charge in [-0.1, -0.05) is 0 Å². The lowest BCUT2D eigenvalue weighted by Crippen LogP contribution is -2.58. The molecule has 0 radical (unpaired) electrons. The molecule has 0 aromatic carbocycles. The third-order valence-electron chi connectivity index (χ3n) is 2.89. The molecule has 1 saturated heterocycles. The van der Waals surface area contributed by atoms with E-state index in [0.29, 0.717) is 12.8 Å². The summed E-state index contributed by atoms with van der Waals surface area (Å²) < 4.78 is 0. The molecule has 0 spiro atoms. The van der Waals surface area contributed by atoms with E-state index in [1.807, 2.05) is 19.0 Å². The van der Waals surface area contributed by atoms with E-state index in [4.69, 9.17) is 0 Å². The summed E-state index contributed by atoms with van der Waals surface area (Å²) >= 11 is 0. The quantitative estimate of drug-likeness (QED) is 0.568. The summed E-state index contributed by atoms with van der Waals surface area (Å²) in [6.45, 7) is 3.14. The molecule has 0 unspecified atom stereocenters. The zero-order valence-corrected chi connectivity index (χ0v) is 9.55. The van der Waals surface area contributed by atoms with Crippen LogP contribution in [0.25, 0.3) is 0 Å². The lowest BCUT2D eigenvalue weighted by Gasteiger charge is -2.35. The minimum absolute atomic E-state index is 0.662. The van der Waals surface area contributed by atoms with Gasteiger partial charge in [-0.25, -0.2) is 0 Å². The highest BCUT2D eigenvalue weighted by atomic mass is 16.4. The van der Waals surface area contributed by atoms with Crippen molar-refractivity contribution in [2.24, 2.45) is 0 Å². The summed E-state index contributed by atoms with van der Waals surface area (Å²) in [5.74, 6) is -0.720. The van der Waals surface area contributed by atoms with E-state index in [1.165, 1.54) is 0 Å². The Morgan fingerprint density at radius 1 is 1.47 bits per heavy atom. The van der Waals surface area contributed by atoms with Gasteiger partial charge in [0, 0.05) is 13.1 Å². The highest BCUT2D eigenvalue weighted by Crippen LogP contribution is 2.18. The average molecular weight is 215 g/mol. The van der Waals surface area contributed by atoms with Crippen LogP contribution in [-0.4, -0.2) is 61.8 Å². The molecule has 5 nitrogen and oxygen atoms in total. The third-order valence-corrected chi connectivity index (χ3v) is 2.89. The van der Waals surface area contributed by atoms with Gasteiger partial charge in [-0.05, 0) is 40.0 Å². The Labute approximate surface area is 90.8 Å². The van der Waals surface area contributed by atoms with E-state index >= 15 is 0 Å². The zero-order chi connectivity index (χ0) is 11.3. The van der Waals surface area contributed by atoms with Crippen molar-refractivity contribution < 1.29 is 9.90 Å². The fourth-order valence-corrected chi connectivity index (χ4v) is 1.84. The molecule has 15 heavy (non-hydrogen) atoms. The number of carboxylic acid groups (broad SMARTS) is 1. The summed E-state index contributed by atoms with van der Waals surface area (Å²) in [5.41, 5.74) is -0.707. The maximum absolute atomic E-state index is 11.2. The van der Waals surface area contributed by atoms with Crippen molar-refractivity contribution in [1.82, 2.24) is 15.5 Å². The number of rotatable bonds is 5. The summed E-state index contributed by atoms with van der Waals surface area (Å²) in [6.07, 6.45) is 1.32. The Bertz CT molecular complexity index is 213. The van der Waals surface area contributed by atoms with Crippen molar-refractivity contribution in [2.45, 2.75) is 18.4 Å². The van der Waals surface area contributed by atoms with Gasteiger partial charge in [0.25, 0.3) is 0 Å². The maximum Gasteiger partial charge on any atom is 0.323 e. The van der Waals surface area contributed by atoms with Gasteiger partial charge in [-0.15, -0.1) is 0 Å². The van der Waals surface area contributed by atoms with Crippen molar-refractivity contribution in [2.75, 3.05) is 40.3 Å². The van der Waals surface area contributed by atoms with E-state index < -0.39 is 11.5 Å². The topological polar surface area (TPSA) is 64.6 Å². The Kier molecular flexibility index (Phi) is 4.50. The number of nitrogens with one attached hydrogen (secondary N) is 2. The number of carbonyl (C=O) groups is 1. The molecule has 0 amide bonds. The van der Waals surface area contributed by atoms with Gasteiger partial charge in [0.05, 0.1) is 0 Å². The molecule has 1 heterocycles. The number of carboxylic acids is 1. The second-order valence-electron chi connectivity index (χ2n) is 4.37. The standard InChI is InChI=1S/C10H21N3O2/c1-13(2)8-7-12-10(9(14)15)3-5-11-6-4-10/h11-12H,3-8H2,1-2H3,(H,14,15). The molecule has 1 aliphatic heterocycles. The normalized spacial score (nSPS) is 20.5. The van der Waals surface area contributed by atoms with E-state index in [1.54, 1.807) is 0 Å². The van der Waals surface area contributed by atoms with Gasteiger partial charge in [-0.3, -0.25) is 4.79 Å². The molecule has 1 fully saturated rings. The van der Waals surface area contributed by atoms with Gasteiger partial charge < -0.3 is 20.6 Å². The van der Waals surface area contributed by atoms with Gasteiger partial charge in [-0.2, -0.15) is 0 Å². The molecule has 0 aromatic rings. The Morgan fingerprint density at radius 3 is 2.53 bits per heavy atom. The number of likely N-dealkylation sites (N-methyl/N-ethyl adjacent to an activating group) is 1. The third kappa shape index (κ3) is 3.44. The van der Waals surface area contributed by atoms with Crippen molar-refractivity contribution in [3.63, 3.8) is 0 Å². The predicted molar refractivity (Wildman–Crippen MR) is 59.0 cm³/mol. The fourth-order valence-electron chi connectivity index (χ4n) is 1.84. The summed E-state index contributed by atoms with van der Waals surface area (Å²) in [5, 5.41) is 15.6. The summed E-state index contributed by atoms with van der Waals surface area (Å²) in [4.78, 5) is 13.3. The molecular weight excluding hydrogens is 194 g/mol. The Morgan fingerprint density at radius 2 is 2.07 bits per heavy atom. The van der Waals surface area contributed by atoms with Gasteiger partial charge >= 0.3 is 5.97 Å². The minimum Gasteiger partial charge on any atom is -0.480 e. The molecule has 0 aliphatic carbocycles. The van der Waals surface area contributed by atoms with Crippen LogP contribution in [0.4, 0.5) is 0 Å². The van der Waals surface area contributed by atoms with E-state index in [-0.39, 0.29) is 0 Å². The second-order valence-corrected chi connectivity index (χ2v) is 4.37. The monoisotopic (exact) mass is 215 g/mol. The lowest BCUT2D eigenvalue weighted by atomic mass is 9.88. The summed E-state index contributed by atoms with van der Waals surface area (Å²) in [7, 11) is 3.97. The molecule has 3 N–H and O–H groups in total. The first-order chi connectivity index (χ1) is 7.07. The van der Waals surface area contributed by atoms with Crippen molar-refractivity contribution in [1.29, 1.82) is 0 Å². The van der Waals surface area contributed by atoms with Crippen LogP contribution in [0.1, 0.15) is 12.8 Å². The van der Waals surface area contributed by atoms with Crippen molar-refractivity contribution in [3.05, 3.63) is 0 Å². The first-order valence-corrected chi connectivity index (χ1v) is 5.41. The molecule has 5 heteroatoms. The molecule has 1 aliphatic rings. The number of hydrogen-bond acceptors (Lipinski definition) is 4. The van der Waals surface area contributed by atoms with Crippen LogP contribution >= 0.6 is 0 Å². The van der Waals surface area contributed by atoms with Crippen LogP contribution in [-0.2, 0) is 4.79 Å². The van der Waals surface area contributed by atoms with Gasteiger partial charge in [0.1, 0.15) is 5.54 Å². The van der Waals surface area contributed by atoms with E-state index in [9.17, 15) is 9.90 Å². The molecule has 0 atom stereocenters. The SMILES string of the molecule is CN(C)CCNC1(C(=O)O)CCNCC1. The highest BCUT2D eigenvalue weighted by Gasteiger charge is 2.38. The smallest absolute Gasteiger partial charge is 0.323 e. The molecule has 0 aromatic heterocycles. The molecule has 0 bridgehead atoms. The largest absolute Gasteiger partial charge is 0.480 e. The number of aliphatic carboxylic acids is 1. The van der Waals surface area contributed by atoms with Crippen LogP contribution in [0.5, 0.6) is 0 Å². The maximum atomic E-state index is 11.2. The summed E-state index contributed by atoms with van der Waals surface area (Å²) in [6, 6.07) is 0. The van der Waals surface area contributed by atoms with Crippen LogP contribution in [0, 0.1) is 0 Å². The molecule has 1 rings (SSSR count).